The number of fused-ring (bicyclic) bond motifs is 1. The smallest absolute Gasteiger partial charge is 0.163 e. The molecule has 0 spiro atoms. The Labute approximate surface area is 118 Å². The second kappa shape index (κ2) is 4.62. The summed E-state index contributed by atoms with van der Waals surface area (Å²) in [7, 11) is 1.86. The van der Waals surface area contributed by atoms with Crippen LogP contribution in [0.5, 0.6) is 0 Å². The van der Waals surface area contributed by atoms with Gasteiger partial charge in [-0.15, -0.1) is 0 Å². The molecule has 0 saturated carbocycles. The molecule has 6 heteroatoms. The second-order valence-corrected chi connectivity index (χ2v) is 5.19. The van der Waals surface area contributed by atoms with Gasteiger partial charge in [-0.2, -0.15) is 5.10 Å². The van der Waals surface area contributed by atoms with Gasteiger partial charge in [0.25, 0.3) is 0 Å². The van der Waals surface area contributed by atoms with Gasteiger partial charge in [-0.1, -0.05) is 6.07 Å². The topological polar surface area (TPSA) is 55.6 Å². The van der Waals surface area contributed by atoms with Crippen molar-refractivity contribution in [1.82, 2.24) is 19.7 Å². The molecule has 96 valence electrons. The van der Waals surface area contributed by atoms with E-state index < -0.39 is 0 Å². The van der Waals surface area contributed by atoms with E-state index in [0.717, 1.165) is 27.0 Å². The number of hydrogen-bond acceptors (Lipinski definition) is 4. The van der Waals surface area contributed by atoms with E-state index in [2.05, 4.69) is 55.4 Å². The fourth-order valence-corrected chi connectivity index (χ4v) is 2.50. The van der Waals surface area contributed by atoms with Crippen molar-refractivity contribution in [2.45, 2.75) is 6.92 Å². The van der Waals surface area contributed by atoms with Gasteiger partial charge in [0.05, 0.1) is 17.3 Å². The minimum absolute atomic E-state index is 0.752. The highest BCUT2D eigenvalue weighted by Gasteiger charge is 2.09. The van der Waals surface area contributed by atoms with Gasteiger partial charge in [-0.25, -0.2) is 9.97 Å². The van der Waals surface area contributed by atoms with Gasteiger partial charge >= 0.3 is 0 Å². The lowest BCUT2D eigenvalue weighted by Gasteiger charge is -2.09. The molecule has 0 unspecified atom stereocenters. The molecular weight excluding hydrogens is 306 g/mol. The van der Waals surface area contributed by atoms with Gasteiger partial charge < -0.3 is 5.32 Å². The van der Waals surface area contributed by atoms with E-state index in [4.69, 9.17) is 0 Å². The Morgan fingerprint density at radius 1 is 1.26 bits per heavy atom. The Kier molecular flexibility index (Phi) is 2.94. The van der Waals surface area contributed by atoms with E-state index in [1.807, 2.05) is 13.1 Å². The zero-order valence-electron chi connectivity index (χ0n) is 10.6. The molecule has 1 aromatic carbocycles. The molecule has 2 heterocycles. The van der Waals surface area contributed by atoms with Crippen LogP contribution >= 0.6 is 15.9 Å². The number of halogens is 1. The summed E-state index contributed by atoms with van der Waals surface area (Å²) >= 11 is 3.55. The van der Waals surface area contributed by atoms with Crippen LogP contribution in [0.25, 0.3) is 11.0 Å². The first kappa shape index (κ1) is 12.1. The molecule has 5 nitrogen and oxygen atoms in total. The SMILES string of the molecule is Cc1ccc(Nc2ncnc3c2cnn3C)c(Br)c1. The average Bonchev–Trinajstić information content (AvgIpc) is 2.76. The van der Waals surface area contributed by atoms with Crippen LogP contribution < -0.4 is 5.32 Å². The van der Waals surface area contributed by atoms with Crippen LogP contribution in [-0.2, 0) is 7.05 Å². The quantitative estimate of drug-likeness (QED) is 0.788. The van der Waals surface area contributed by atoms with Crippen molar-refractivity contribution in [2.24, 2.45) is 7.05 Å². The summed E-state index contributed by atoms with van der Waals surface area (Å²) in [5, 5.41) is 8.40. The third-order valence-electron chi connectivity index (χ3n) is 2.91. The first-order valence-electron chi connectivity index (χ1n) is 5.81. The Hall–Kier alpha value is -1.95. The first-order chi connectivity index (χ1) is 9.15. The largest absolute Gasteiger partial charge is 0.339 e. The molecule has 0 saturated heterocycles. The Balaban J connectivity index is 2.06. The summed E-state index contributed by atoms with van der Waals surface area (Å²) in [5.74, 6) is 0.752. The fourth-order valence-electron chi connectivity index (χ4n) is 1.91. The predicted molar refractivity (Wildman–Crippen MR) is 78.5 cm³/mol. The van der Waals surface area contributed by atoms with Crippen molar-refractivity contribution in [3.63, 3.8) is 0 Å². The van der Waals surface area contributed by atoms with E-state index in [1.165, 1.54) is 11.9 Å². The van der Waals surface area contributed by atoms with Crippen molar-refractivity contribution < 1.29 is 0 Å². The van der Waals surface area contributed by atoms with Crippen molar-refractivity contribution >= 4 is 38.5 Å². The van der Waals surface area contributed by atoms with Crippen molar-refractivity contribution in [3.8, 4) is 0 Å². The molecule has 0 fully saturated rings. The van der Waals surface area contributed by atoms with Crippen molar-refractivity contribution in [2.75, 3.05) is 5.32 Å². The maximum absolute atomic E-state index is 4.28. The molecule has 0 aliphatic heterocycles. The number of aromatic nitrogens is 4. The zero-order valence-corrected chi connectivity index (χ0v) is 12.1. The lowest BCUT2D eigenvalue weighted by molar-refractivity contribution is 0.785. The van der Waals surface area contributed by atoms with Gasteiger partial charge in [0, 0.05) is 11.5 Å². The molecular formula is C13H12BrN5. The van der Waals surface area contributed by atoms with E-state index in [9.17, 15) is 0 Å². The maximum atomic E-state index is 4.28. The third kappa shape index (κ3) is 2.19. The molecule has 1 N–H and O–H groups in total. The Bertz CT molecular complexity index is 750. The minimum Gasteiger partial charge on any atom is -0.339 e. The fraction of sp³-hybridized carbons (Fsp3) is 0.154. The Morgan fingerprint density at radius 2 is 2.11 bits per heavy atom. The van der Waals surface area contributed by atoms with Crippen LogP contribution in [0.1, 0.15) is 5.56 Å². The summed E-state index contributed by atoms with van der Waals surface area (Å²) < 4.78 is 2.73. The summed E-state index contributed by atoms with van der Waals surface area (Å²) in [4.78, 5) is 8.50. The lowest BCUT2D eigenvalue weighted by atomic mass is 10.2. The molecule has 0 atom stereocenters. The van der Waals surface area contributed by atoms with E-state index in [1.54, 1.807) is 10.9 Å². The Morgan fingerprint density at radius 3 is 2.89 bits per heavy atom. The average molecular weight is 318 g/mol. The summed E-state index contributed by atoms with van der Waals surface area (Å²) in [6.45, 7) is 2.05. The first-order valence-corrected chi connectivity index (χ1v) is 6.60. The molecule has 19 heavy (non-hydrogen) atoms. The van der Waals surface area contributed by atoms with Crippen LogP contribution in [-0.4, -0.2) is 19.7 Å². The second-order valence-electron chi connectivity index (χ2n) is 4.34. The van der Waals surface area contributed by atoms with Gasteiger partial charge in [0.2, 0.25) is 0 Å². The van der Waals surface area contributed by atoms with Crippen molar-refractivity contribution in [1.29, 1.82) is 0 Å². The number of benzene rings is 1. The number of hydrogen-bond donors (Lipinski definition) is 1. The third-order valence-corrected chi connectivity index (χ3v) is 3.56. The molecule has 0 bridgehead atoms. The maximum Gasteiger partial charge on any atom is 0.163 e. The molecule has 0 aliphatic rings. The zero-order chi connectivity index (χ0) is 13.4. The normalized spacial score (nSPS) is 10.9. The summed E-state index contributed by atoms with van der Waals surface area (Å²) in [5.41, 5.74) is 2.97. The van der Waals surface area contributed by atoms with E-state index in [0.29, 0.717) is 0 Å². The minimum atomic E-state index is 0.752. The number of rotatable bonds is 2. The predicted octanol–water partition coefficient (Wildman–Crippen LogP) is 3.18. The van der Waals surface area contributed by atoms with E-state index in [-0.39, 0.29) is 0 Å². The highest BCUT2D eigenvalue weighted by Crippen LogP contribution is 2.28. The summed E-state index contributed by atoms with van der Waals surface area (Å²) in [6, 6.07) is 6.13. The van der Waals surface area contributed by atoms with Gasteiger partial charge in [-0.3, -0.25) is 4.68 Å². The van der Waals surface area contributed by atoms with Crippen LogP contribution in [0.2, 0.25) is 0 Å². The molecule has 0 aliphatic carbocycles. The molecule has 0 amide bonds. The highest BCUT2D eigenvalue weighted by atomic mass is 79.9. The van der Waals surface area contributed by atoms with Crippen LogP contribution in [0.15, 0.2) is 35.2 Å². The van der Waals surface area contributed by atoms with Gasteiger partial charge in [-0.05, 0) is 40.5 Å². The van der Waals surface area contributed by atoms with Crippen LogP contribution in [0, 0.1) is 6.92 Å². The molecule has 3 rings (SSSR count). The number of nitrogens with one attached hydrogen (secondary N) is 1. The molecule has 3 aromatic rings. The van der Waals surface area contributed by atoms with Crippen molar-refractivity contribution in [3.05, 3.63) is 40.8 Å². The number of nitrogens with zero attached hydrogens (tertiary/aromatic N) is 4. The van der Waals surface area contributed by atoms with E-state index >= 15 is 0 Å². The molecule has 2 aromatic heterocycles. The number of aryl methyl sites for hydroxylation is 2. The van der Waals surface area contributed by atoms with Crippen LogP contribution in [0.4, 0.5) is 11.5 Å². The summed E-state index contributed by atoms with van der Waals surface area (Å²) in [6.07, 6.45) is 3.30. The standard InChI is InChI=1S/C13H12BrN5/c1-8-3-4-11(10(14)5-8)18-12-9-6-17-19(2)13(9)16-7-15-12/h3-7H,1-2H3,(H,15,16,18). The monoisotopic (exact) mass is 317 g/mol. The lowest BCUT2D eigenvalue weighted by Crippen LogP contribution is -1.97. The van der Waals surface area contributed by atoms with Crippen LogP contribution in [0.3, 0.4) is 0 Å². The number of anilines is 2. The van der Waals surface area contributed by atoms with Gasteiger partial charge in [0.1, 0.15) is 12.1 Å². The molecule has 0 radical (unpaired) electrons. The highest BCUT2D eigenvalue weighted by molar-refractivity contribution is 9.10. The van der Waals surface area contributed by atoms with Gasteiger partial charge in [0.15, 0.2) is 5.65 Å².